The minimum atomic E-state index is -3.45. The van der Waals surface area contributed by atoms with E-state index < -0.39 is 10.0 Å². The molecule has 0 bridgehead atoms. The molecule has 0 aliphatic carbocycles. The van der Waals surface area contributed by atoms with Gasteiger partial charge in [-0.2, -0.15) is 0 Å². The van der Waals surface area contributed by atoms with Crippen LogP contribution in [-0.4, -0.2) is 13.4 Å². The minimum Gasteiger partial charge on any atom is -0.364 e. The standard InChI is InChI=1S/C9H9ClN2O2S2/c10-8-3-4-9(15-8)16(13,14)12-6-7-2-1-5-11-7/h1-5,11-12H,6H2. The molecule has 0 amide bonds. The number of H-pyrrole nitrogens is 1. The van der Waals surface area contributed by atoms with Gasteiger partial charge in [-0.15, -0.1) is 11.3 Å². The Hall–Kier alpha value is -0.820. The predicted molar refractivity (Wildman–Crippen MR) is 64.1 cm³/mol. The quantitative estimate of drug-likeness (QED) is 0.899. The van der Waals surface area contributed by atoms with Crippen LogP contribution in [0.3, 0.4) is 0 Å². The summed E-state index contributed by atoms with van der Waals surface area (Å²) >= 11 is 6.72. The second-order valence-electron chi connectivity index (χ2n) is 3.08. The van der Waals surface area contributed by atoms with Crippen LogP contribution in [0.25, 0.3) is 0 Å². The molecule has 2 N–H and O–H groups in total. The number of nitrogens with one attached hydrogen (secondary N) is 2. The van der Waals surface area contributed by atoms with Gasteiger partial charge in [-0.25, -0.2) is 13.1 Å². The third-order valence-electron chi connectivity index (χ3n) is 1.93. The summed E-state index contributed by atoms with van der Waals surface area (Å²) < 4.78 is 26.7. The molecule has 2 heterocycles. The monoisotopic (exact) mass is 276 g/mol. The predicted octanol–water partition coefficient (Wildman–Crippen LogP) is 2.21. The van der Waals surface area contributed by atoms with Crippen LogP contribution in [0.4, 0.5) is 0 Å². The zero-order valence-corrected chi connectivity index (χ0v) is 10.5. The maximum Gasteiger partial charge on any atom is 0.250 e. The second kappa shape index (κ2) is 4.58. The lowest BCUT2D eigenvalue weighted by atomic mass is 10.4. The third-order valence-corrected chi connectivity index (χ3v) is 5.05. The summed E-state index contributed by atoms with van der Waals surface area (Å²) in [7, 11) is -3.45. The number of halogens is 1. The van der Waals surface area contributed by atoms with Crippen molar-refractivity contribution in [3.8, 4) is 0 Å². The Kier molecular flexibility index (Phi) is 3.34. The van der Waals surface area contributed by atoms with Gasteiger partial charge in [-0.1, -0.05) is 11.6 Å². The van der Waals surface area contributed by atoms with Crippen LogP contribution in [0.1, 0.15) is 5.69 Å². The number of hydrogen-bond acceptors (Lipinski definition) is 3. The number of aromatic nitrogens is 1. The topological polar surface area (TPSA) is 62.0 Å². The molecule has 0 aliphatic rings. The average molecular weight is 277 g/mol. The van der Waals surface area contributed by atoms with E-state index in [-0.39, 0.29) is 10.8 Å². The van der Waals surface area contributed by atoms with Crippen molar-refractivity contribution < 1.29 is 8.42 Å². The number of hydrogen-bond donors (Lipinski definition) is 2. The molecule has 86 valence electrons. The molecule has 0 saturated heterocycles. The zero-order chi connectivity index (χ0) is 11.6. The van der Waals surface area contributed by atoms with Crippen LogP contribution in [0.15, 0.2) is 34.7 Å². The van der Waals surface area contributed by atoms with Crippen molar-refractivity contribution in [2.45, 2.75) is 10.8 Å². The molecule has 0 aromatic carbocycles. The summed E-state index contributed by atoms with van der Waals surface area (Å²) in [6.45, 7) is 0.241. The summed E-state index contributed by atoms with van der Waals surface area (Å²) in [5, 5.41) is 0. The molecule has 0 saturated carbocycles. The highest BCUT2D eigenvalue weighted by Crippen LogP contribution is 2.25. The molecule has 4 nitrogen and oxygen atoms in total. The largest absolute Gasteiger partial charge is 0.364 e. The van der Waals surface area contributed by atoms with Gasteiger partial charge in [0.05, 0.1) is 10.9 Å². The fourth-order valence-electron chi connectivity index (χ4n) is 1.16. The first-order valence-electron chi connectivity index (χ1n) is 4.45. The highest BCUT2D eigenvalue weighted by atomic mass is 35.5. The average Bonchev–Trinajstić information content (AvgIpc) is 2.85. The Morgan fingerprint density at radius 3 is 2.75 bits per heavy atom. The van der Waals surface area contributed by atoms with Crippen LogP contribution >= 0.6 is 22.9 Å². The molecule has 0 spiro atoms. The molecule has 2 aromatic rings. The van der Waals surface area contributed by atoms with Gasteiger partial charge in [0.2, 0.25) is 10.0 Å². The molecule has 0 fully saturated rings. The number of thiophene rings is 1. The van der Waals surface area contributed by atoms with Gasteiger partial charge < -0.3 is 4.98 Å². The van der Waals surface area contributed by atoms with Gasteiger partial charge in [-0.05, 0) is 24.3 Å². The van der Waals surface area contributed by atoms with Crippen molar-refractivity contribution in [3.63, 3.8) is 0 Å². The van der Waals surface area contributed by atoms with Gasteiger partial charge in [0.15, 0.2) is 0 Å². The van der Waals surface area contributed by atoms with Gasteiger partial charge in [0.25, 0.3) is 0 Å². The Balaban J connectivity index is 2.09. The molecular weight excluding hydrogens is 268 g/mol. The van der Waals surface area contributed by atoms with Gasteiger partial charge in [0, 0.05) is 11.9 Å². The van der Waals surface area contributed by atoms with E-state index in [9.17, 15) is 8.42 Å². The number of sulfonamides is 1. The first kappa shape index (κ1) is 11.7. The van der Waals surface area contributed by atoms with Gasteiger partial charge in [-0.3, -0.25) is 0 Å². The summed E-state index contributed by atoms with van der Waals surface area (Å²) in [5.41, 5.74) is 0.811. The number of rotatable bonds is 4. The molecule has 0 atom stereocenters. The minimum absolute atomic E-state index is 0.226. The van der Waals surface area contributed by atoms with E-state index in [4.69, 9.17) is 11.6 Å². The fraction of sp³-hybridized carbons (Fsp3) is 0.111. The Labute approximate surface area is 102 Å². The Bertz CT molecular complexity index is 560. The maximum atomic E-state index is 11.8. The van der Waals surface area contributed by atoms with Crippen molar-refractivity contribution in [2.24, 2.45) is 0 Å². The molecule has 0 unspecified atom stereocenters. The first-order chi connectivity index (χ1) is 7.58. The molecule has 16 heavy (non-hydrogen) atoms. The fourth-order valence-corrected chi connectivity index (χ4v) is 3.70. The van der Waals surface area contributed by atoms with E-state index in [0.29, 0.717) is 4.34 Å². The van der Waals surface area contributed by atoms with E-state index in [1.54, 1.807) is 12.3 Å². The van der Waals surface area contributed by atoms with E-state index in [1.165, 1.54) is 6.07 Å². The lowest BCUT2D eigenvalue weighted by molar-refractivity contribution is 0.583. The Morgan fingerprint density at radius 1 is 1.38 bits per heavy atom. The van der Waals surface area contributed by atoms with Gasteiger partial charge in [0.1, 0.15) is 4.21 Å². The smallest absolute Gasteiger partial charge is 0.250 e. The van der Waals surface area contributed by atoms with Crippen molar-refractivity contribution in [3.05, 3.63) is 40.5 Å². The van der Waals surface area contributed by atoms with E-state index in [1.807, 2.05) is 12.1 Å². The SMILES string of the molecule is O=S(=O)(NCc1ccc[nH]1)c1ccc(Cl)s1. The van der Waals surface area contributed by atoms with Gasteiger partial charge >= 0.3 is 0 Å². The van der Waals surface area contributed by atoms with Crippen LogP contribution < -0.4 is 4.72 Å². The molecular formula is C9H9ClN2O2S2. The van der Waals surface area contributed by atoms with E-state index >= 15 is 0 Å². The van der Waals surface area contributed by atoms with Crippen LogP contribution in [0.2, 0.25) is 4.34 Å². The van der Waals surface area contributed by atoms with Crippen molar-refractivity contribution in [1.29, 1.82) is 0 Å². The van der Waals surface area contributed by atoms with Crippen molar-refractivity contribution in [2.75, 3.05) is 0 Å². The van der Waals surface area contributed by atoms with E-state index in [2.05, 4.69) is 9.71 Å². The van der Waals surface area contributed by atoms with Crippen LogP contribution in [0, 0.1) is 0 Å². The third kappa shape index (κ3) is 2.65. The van der Waals surface area contributed by atoms with Crippen molar-refractivity contribution in [1.82, 2.24) is 9.71 Å². The highest BCUT2D eigenvalue weighted by Gasteiger charge is 2.15. The zero-order valence-electron chi connectivity index (χ0n) is 8.10. The summed E-state index contributed by atoms with van der Waals surface area (Å²) in [5.74, 6) is 0. The summed E-state index contributed by atoms with van der Waals surface area (Å²) in [6, 6.07) is 6.68. The first-order valence-corrected chi connectivity index (χ1v) is 7.13. The molecule has 2 aromatic heterocycles. The normalized spacial score (nSPS) is 11.8. The van der Waals surface area contributed by atoms with E-state index in [0.717, 1.165) is 17.0 Å². The molecule has 7 heteroatoms. The summed E-state index contributed by atoms with van der Waals surface area (Å²) in [6.07, 6.45) is 1.74. The maximum absolute atomic E-state index is 11.8. The lowest BCUT2D eigenvalue weighted by Crippen LogP contribution is -2.22. The summed E-state index contributed by atoms with van der Waals surface area (Å²) in [4.78, 5) is 2.92. The number of aromatic amines is 1. The Morgan fingerprint density at radius 2 is 2.19 bits per heavy atom. The van der Waals surface area contributed by atoms with Crippen molar-refractivity contribution >= 4 is 33.0 Å². The molecule has 0 radical (unpaired) electrons. The van der Waals surface area contributed by atoms with Crippen LogP contribution in [-0.2, 0) is 16.6 Å². The highest BCUT2D eigenvalue weighted by molar-refractivity contribution is 7.91. The molecule has 0 aliphatic heterocycles. The molecule has 2 rings (SSSR count). The van der Waals surface area contributed by atoms with Crippen LogP contribution in [0.5, 0.6) is 0 Å². The second-order valence-corrected chi connectivity index (χ2v) is 6.79. The lowest BCUT2D eigenvalue weighted by Gasteiger charge is -2.02.